The Hall–Kier alpha value is -0.500. The fourth-order valence-corrected chi connectivity index (χ4v) is 2.14. The third-order valence-corrected chi connectivity index (χ3v) is 3.07. The first-order valence-electron chi connectivity index (χ1n) is 3.69. The van der Waals surface area contributed by atoms with Crippen LogP contribution in [0, 0.1) is 3.57 Å². The third-order valence-electron chi connectivity index (χ3n) is 1.62. The number of aromatic nitrogens is 1. The molecular weight excluding hydrogens is 342 g/mol. The van der Waals surface area contributed by atoms with Gasteiger partial charge in [-0.15, -0.1) is 0 Å². The average Bonchev–Trinajstić information content (AvgIpc) is 2.16. The van der Waals surface area contributed by atoms with Gasteiger partial charge in [-0.1, -0.05) is 11.6 Å². The maximum atomic E-state index is 12.5. The van der Waals surface area contributed by atoms with Crippen LogP contribution in [0.2, 0.25) is 5.15 Å². The summed E-state index contributed by atoms with van der Waals surface area (Å²) in [5.74, 6) is -0.778. The highest BCUT2D eigenvalue weighted by Gasteiger charge is 2.22. The molecule has 1 heterocycles. The van der Waals surface area contributed by atoms with E-state index in [1.54, 1.807) is 22.6 Å². The van der Waals surface area contributed by atoms with Crippen molar-refractivity contribution < 1.29 is 18.3 Å². The minimum atomic E-state index is -2.70. The Morgan fingerprint density at radius 1 is 1.67 bits per heavy atom. The van der Waals surface area contributed by atoms with Gasteiger partial charge in [0.2, 0.25) is 0 Å². The van der Waals surface area contributed by atoms with E-state index in [1.807, 2.05) is 0 Å². The number of carbonyl (C=O) groups is 1. The summed E-state index contributed by atoms with van der Waals surface area (Å²) >= 11 is 7.23. The Morgan fingerprint density at radius 2 is 2.27 bits per heavy atom. The number of methoxy groups -OCH3 is 1. The van der Waals surface area contributed by atoms with E-state index in [4.69, 9.17) is 11.6 Å². The third kappa shape index (κ3) is 2.54. The number of rotatable bonds is 2. The van der Waals surface area contributed by atoms with Gasteiger partial charge in [0.15, 0.2) is 0 Å². The van der Waals surface area contributed by atoms with Crippen LogP contribution >= 0.6 is 34.2 Å². The summed E-state index contributed by atoms with van der Waals surface area (Å²) in [4.78, 5) is 14.7. The molecule has 0 saturated carbocycles. The molecule has 0 spiro atoms. The first-order chi connectivity index (χ1) is 6.99. The van der Waals surface area contributed by atoms with E-state index in [2.05, 4.69) is 9.72 Å². The second-order valence-corrected chi connectivity index (χ2v) is 3.92. The number of pyridine rings is 1. The number of hydrogen-bond acceptors (Lipinski definition) is 3. The summed E-state index contributed by atoms with van der Waals surface area (Å²) in [6.45, 7) is 0. The van der Waals surface area contributed by atoms with E-state index in [9.17, 15) is 13.6 Å². The highest BCUT2D eigenvalue weighted by molar-refractivity contribution is 14.1. The number of alkyl halides is 2. The molecule has 7 heteroatoms. The molecule has 0 bridgehead atoms. The van der Waals surface area contributed by atoms with E-state index in [0.29, 0.717) is 0 Å². The van der Waals surface area contributed by atoms with Gasteiger partial charge < -0.3 is 4.74 Å². The Morgan fingerprint density at radius 3 is 2.73 bits per heavy atom. The lowest BCUT2D eigenvalue weighted by atomic mass is 10.2. The minimum Gasteiger partial charge on any atom is -0.465 e. The molecule has 0 saturated heterocycles. The number of ether oxygens (including phenoxy) is 1. The molecule has 0 amide bonds. The van der Waals surface area contributed by atoms with Crippen molar-refractivity contribution in [3.8, 4) is 0 Å². The molecule has 0 atom stereocenters. The van der Waals surface area contributed by atoms with Crippen LogP contribution in [0.3, 0.4) is 0 Å². The van der Waals surface area contributed by atoms with Gasteiger partial charge in [0.1, 0.15) is 10.7 Å². The van der Waals surface area contributed by atoms with Crippen molar-refractivity contribution in [3.05, 3.63) is 26.0 Å². The lowest BCUT2D eigenvalue weighted by molar-refractivity contribution is 0.0598. The van der Waals surface area contributed by atoms with Gasteiger partial charge in [-0.25, -0.2) is 18.6 Å². The number of nitrogens with zero attached hydrogens (tertiary/aromatic N) is 1. The van der Waals surface area contributed by atoms with Crippen LogP contribution in [0.25, 0.3) is 0 Å². The topological polar surface area (TPSA) is 39.2 Å². The van der Waals surface area contributed by atoms with Crippen LogP contribution in [0.4, 0.5) is 8.78 Å². The van der Waals surface area contributed by atoms with E-state index in [1.165, 1.54) is 0 Å². The first kappa shape index (κ1) is 12.6. The molecule has 1 aromatic rings. The molecule has 0 aliphatic heterocycles. The summed E-state index contributed by atoms with van der Waals surface area (Å²) in [6.07, 6.45) is -1.76. The number of halogens is 4. The van der Waals surface area contributed by atoms with Crippen LogP contribution in [0.1, 0.15) is 22.3 Å². The lowest BCUT2D eigenvalue weighted by Crippen LogP contribution is -2.08. The zero-order valence-electron chi connectivity index (χ0n) is 7.43. The molecule has 0 aliphatic rings. The molecule has 0 N–H and O–H groups in total. The molecular formula is C8H5ClF2INO2. The van der Waals surface area contributed by atoms with Gasteiger partial charge >= 0.3 is 5.97 Å². The summed E-state index contributed by atoms with van der Waals surface area (Å²) in [5, 5.41) is -0.143. The molecule has 0 unspecified atom stereocenters. The SMILES string of the molecule is COC(=O)c1c(Cl)ncc(C(F)F)c1I. The molecule has 0 aliphatic carbocycles. The largest absolute Gasteiger partial charge is 0.465 e. The van der Waals surface area contributed by atoms with Crippen LogP contribution in [-0.2, 0) is 4.74 Å². The van der Waals surface area contributed by atoms with Crippen molar-refractivity contribution in [2.24, 2.45) is 0 Å². The maximum absolute atomic E-state index is 12.5. The highest BCUT2D eigenvalue weighted by Crippen LogP contribution is 2.29. The standard InChI is InChI=1S/C8H5ClF2INO2/c1-15-8(14)4-5(12)3(7(10)11)2-13-6(4)9/h2,7H,1H3. The van der Waals surface area contributed by atoms with Gasteiger partial charge in [-0.05, 0) is 22.6 Å². The van der Waals surface area contributed by atoms with Crippen molar-refractivity contribution >= 4 is 40.2 Å². The van der Waals surface area contributed by atoms with Crippen molar-refractivity contribution in [2.75, 3.05) is 7.11 Å². The second-order valence-electron chi connectivity index (χ2n) is 2.49. The van der Waals surface area contributed by atoms with E-state index >= 15 is 0 Å². The Bertz CT molecular complexity index is 400. The van der Waals surface area contributed by atoms with Crippen molar-refractivity contribution in [1.82, 2.24) is 4.98 Å². The smallest absolute Gasteiger partial charge is 0.342 e. The number of hydrogen-bond donors (Lipinski definition) is 0. The minimum absolute atomic E-state index is 0.0643. The monoisotopic (exact) mass is 347 g/mol. The molecule has 15 heavy (non-hydrogen) atoms. The van der Waals surface area contributed by atoms with Gasteiger partial charge in [-0.2, -0.15) is 0 Å². The van der Waals surface area contributed by atoms with Gasteiger partial charge in [0.05, 0.1) is 12.7 Å². The van der Waals surface area contributed by atoms with Crippen molar-refractivity contribution in [3.63, 3.8) is 0 Å². The zero-order valence-corrected chi connectivity index (χ0v) is 10.3. The Kier molecular flexibility index (Phi) is 4.21. The number of esters is 1. The van der Waals surface area contributed by atoms with E-state index in [0.717, 1.165) is 13.3 Å². The van der Waals surface area contributed by atoms with Gasteiger partial charge in [-0.3, -0.25) is 0 Å². The van der Waals surface area contributed by atoms with Crippen molar-refractivity contribution in [1.29, 1.82) is 0 Å². The maximum Gasteiger partial charge on any atom is 0.342 e. The Balaban J connectivity index is 3.36. The first-order valence-corrected chi connectivity index (χ1v) is 5.15. The number of carbonyl (C=O) groups excluding carboxylic acids is 1. The quantitative estimate of drug-likeness (QED) is 0.469. The van der Waals surface area contributed by atoms with E-state index in [-0.39, 0.29) is 19.9 Å². The van der Waals surface area contributed by atoms with Crippen LogP contribution in [0.15, 0.2) is 6.20 Å². The Labute approximate surface area is 103 Å². The molecule has 1 rings (SSSR count). The van der Waals surface area contributed by atoms with Crippen LogP contribution in [-0.4, -0.2) is 18.1 Å². The molecule has 82 valence electrons. The van der Waals surface area contributed by atoms with Gasteiger partial charge in [0, 0.05) is 9.77 Å². The predicted octanol–water partition coefficient (Wildman–Crippen LogP) is 3.06. The van der Waals surface area contributed by atoms with Crippen LogP contribution < -0.4 is 0 Å². The predicted molar refractivity (Wildman–Crippen MR) is 58.3 cm³/mol. The normalized spacial score (nSPS) is 10.5. The molecule has 3 nitrogen and oxygen atoms in total. The summed E-state index contributed by atoms with van der Waals surface area (Å²) in [5.41, 5.74) is -0.460. The summed E-state index contributed by atoms with van der Waals surface area (Å²) < 4.78 is 29.4. The average molecular weight is 347 g/mol. The van der Waals surface area contributed by atoms with E-state index < -0.39 is 12.4 Å². The fraction of sp³-hybridized carbons (Fsp3) is 0.250. The fourth-order valence-electron chi connectivity index (χ4n) is 0.910. The molecule has 0 radical (unpaired) electrons. The summed E-state index contributed by atoms with van der Waals surface area (Å²) in [7, 11) is 1.14. The highest BCUT2D eigenvalue weighted by atomic mass is 127. The molecule has 0 aromatic carbocycles. The van der Waals surface area contributed by atoms with Crippen molar-refractivity contribution in [2.45, 2.75) is 6.43 Å². The second kappa shape index (κ2) is 5.02. The molecule has 1 aromatic heterocycles. The lowest BCUT2D eigenvalue weighted by Gasteiger charge is -2.08. The van der Waals surface area contributed by atoms with Crippen LogP contribution in [0.5, 0.6) is 0 Å². The zero-order chi connectivity index (χ0) is 11.6. The molecule has 0 fully saturated rings. The van der Waals surface area contributed by atoms with Gasteiger partial charge in [0.25, 0.3) is 6.43 Å². The summed E-state index contributed by atoms with van der Waals surface area (Å²) in [6, 6.07) is 0.